The minimum Gasteiger partial charge on any atom is -0.368 e. The van der Waals surface area contributed by atoms with E-state index in [2.05, 4.69) is 11.4 Å². The van der Waals surface area contributed by atoms with Gasteiger partial charge in [0.2, 0.25) is 0 Å². The van der Waals surface area contributed by atoms with Gasteiger partial charge in [0.05, 0.1) is 11.0 Å². The lowest BCUT2D eigenvalue weighted by Gasteiger charge is -2.22. The average Bonchev–Trinajstić information content (AvgIpc) is 2.29. The number of hydrogen-bond acceptors (Lipinski definition) is 4. The van der Waals surface area contributed by atoms with E-state index in [1.54, 1.807) is 19.1 Å². The van der Waals surface area contributed by atoms with Crippen LogP contribution in [0.5, 0.6) is 0 Å². The lowest BCUT2D eigenvalue weighted by Crippen LogP contribution is -2.31. The number of non-ortho nitro benzene ring substituents is 1. The highest BCUT2D eigenvalue weighted by Gasteiger charge is 2.20. The largest absolute Gasteiger partial charge is 0.368 e. The summed E-state index contributed by atoms with van der Waals surface area (Å²) in [5.74, 6) is 0. The van der Waals surface area contributed by atoms with Crippen LogP contribution < -0.4 is 5.32 Å². The summed E-state index contributed by atoms with van der Waals surface area (Å²) >= 11 is 0. The number of hydrogen-bond donors (Lipinski definition) is 1. The van der Waals surface area contributed by atoms with Crippen LogP contribution in [0.4, 0.5) is 11.4 Å². The van der Waals surface area contributed by atoms with Crippen LogP contribution in [0.1, 0.15) is 20.3 Å². The molecule has 0 saturated heterocycles. The number of nitriles is 1. The normalized spacial score (nSPS) is 13.6. The fourth-order valence-electron chi connectivity index (χ4n) is 1.18. The molecule has 1 aromatic rings. The van der Waals surface area contributed by atoms with Crippen LogP contribution in [0.3, 0.4) is 0 Å². The summed E-state index contributed by atoms with van der Waals surface area (Å²) in [4.78, 5) is 9.99. The van der Waals surface area contributed by atoms with Crippen molar-refractivity contribution in [1.29, 1.82) is 5.26 Å². The Labute approximate surface area is 93.9 Å². The molecule has 0 aliphatic heterocycles. The van der Waals surface area contributed by atoms with Crippen LogP contribution in [0.15, 0.2) is 24.3 Å². The molecule has 0 saturated carbocycles. The highest BCUT2D eigenvalue weighted by atomic mass is 16.6. The topological polar surface area (TPSA) is 79.0 Å². The van der Waals surface area contributed by atoms with Crippen LogP contribution in [-0.2, 0) is 0 Å². The van der Waals surface area contributed by atoms with Crippen LogP contribution in [-0.4, -0.2) is 10.5 Å². The molecule has 5 nitrogen and oxygen atoms in total. The first kappa shape index (κ1) is 12.0. The van der Waals surface area contributed by atoms with Crippen molar-refractivity contribution < 1.29 is 4.92 Å². The first-order valence-corrected chi connectivity index (χ1v) is 4.94. The summed E-state index contributed by atoms with van der Waals surface area (Å²) in [5, 5.41) is 22.4. The Morgan fingerprint density at radius 1 is 1.50 bits per heavy atom. The van der Waals surface area contributed by atoms with Crippen LogP contribution in [0, 0.1) is 21.4 Å². The molecule has 1 aromatic carbocycles. The van der Waals surface area contributed by atoms with Crippen molar-refractivity contribution in [3.05, 3.63) is 34.4 Å². The maximum atomic E-state index is 10.4. The Balaban J connectivity index is 2.84. The first-order chi connectivity index (χ1) is 7.50. The summed E-state index contributed by atoms with van der Waals surface area (Å²) in [6.07, 6.45) is 0.653. The fourth-order valence-corrected chi connectivity index (χ4v) is 1.18. The van der Waals surface area contributed by atoms with Crippen LogP contribution in [0.2, 0.25) is 0 Å². The Bertz CT molecular complexity index is 422. The molecule has 0 bridgehead atoms. The lowest BCUT2D eigenvalue weighted by atomic mass is 10.0. The Morgan fingerprint density at radius 3 is 2.44 bits per heavy atom. The second-order valence-corrected chi connectivity index (χ2v) is 3.73. The molecule has 0 aliphatic rings. The number of rotatable bonds is 4. The molecule has 84 valence electrons. The number of nitro groups is 1. The molecule has 0 radical (unpaired) electrons. The molecule has 5 heteroatoms. The zero-order valence-corrected chi connectivity index (χ0v) is 9.23. The van der Waals surface area contributed by atoms with Crippen molar-refractivity contribution in [2.45, 2.75) is 25.8 Å². The number of nitro benzene ring substituents is 1. The van der Waals surface area contributed by atoms with E-state index in [9.17, 15) is 10.1 Å². The predicted molar refractivity (Wildman–Crippen MR) is 61.0 cm³/mol. The number of benzene rings is 1. The Hall–Kier alpha value is -2.09. The molecule has 0 amide bonds. The van der Waals surface area contributed by atoms with Gasteiger partial charge in [-0.15, -0.1) is 0 Å². The van der Waals surface area contributed by atoms with E-state index in [-0.39, 0.29) is 5.69 Å². The van der Waals surface area contributed by atoms with Gasteiger partial charge >= 0.3 is 0 Å². The second kappa shape index (κ2) is 4.62. The van der Waals surface area contributed by atoms with Gasteiger partial charge in [0.15, 0.2) is 0 Å². The molecule has 1 atom stereocenters. The highest BCUT2D eigenvalue weighted by molar-refractivity contribution is 5.51. The minimum absolute atomic E-state index is 0.0423. The molecule has 0 aromatic heterocycles. The highest BCUT2D eigenvalue weighted by Crippen LogP contribution is 2.20. The molecule has 0 spiro atoms. The van der Waals surface area contributed by atoms with Crippen molar-refractivity contribution in [2.75, 3.05) is 5.32 Å². The van der Waals surface area contributed by atoms with E-state index in [1.807, 2.05) is 6.92 Å². The molecule has 0 heterocycles. The SMILES string of the molecule is CC[C@](C)(C#N)Nc1ccc([N+](=O)[O-])cc1. The van der Waals surface area contributed by atoms with Gasteiger partial charge in [-0.25, -0.2) is 0 Å². The summed E-state index contributed by atoms with van der Waals surface area (Å²) in [6.45, 7) is 3.69. The van der Waals surface area contributed by atoms with Crippen molar-refractivity contribution in [3.8, 4) is 6.07 Å². The molecule has 1 rings (SSSR count). The van der Waals surface area contributed by atoms with Crippen molar-refractivity contribution in [2.24, 2.45) is 0 Å². The number of nitrogens with zero attached hydrogens (tertiary/aromatic N) is 2. The van der Waals surface area contributed by atoms with E-state index in [4.69, 9.17) is 5.26 Å². The lowest BCUT2D eigenvalue weighted by molar-refractivity contribution is -0.384. The third kappa shape index (κ3) is 2.70. The van der Waals surface area contributed by atoms with Crippen LogP contribution >= 0.6 is 0 Å². The third-order valence-corrected chi connectivity index (χ3v) is 2.45. The van der Waals surface area contributed by atoms with Crippen LogP contribution in [0.25, 0.3) is 0 Å². The monoisotopic (exact) mass is 219 g/mol. The van der Waals surface area contributed by atoms with E-state index < -0.39 is 10.5 Å². The Kier molecular flexibility index (Phi) is 3.46. The molecular formula is C11H13N3O2. The van der Waals surface area contributed by atoms with Gasteiger partial charge in [0.25, 0.3) is 5.69 Å². The van der Waals surface area contributed by atoms with E-state index in [0.29, 0.717) is 12.1 Å². The third-order valence-electron chi connectivity index (χ3n) is 2.45. The van der Waals surface area contributed by atoms with Gasteiger partial charge in [-0.3, -0.25) is 10.1 Å². The maximum Gasteiger partial charge on any atom is 0.269 e. The zero-order chi connectivity index (χ0) is 12.2. The van der Waals surface area contributed by atoms with Gasteiger partial charge in [0, 0.05) is 17.8 Å². The van der Waals surface area contributed by atoms with Crippen molar-refractivity contribution >= 4 is 11.4 Å². The fraction of sp³-hybridized carbons (Fsp3) is 0.364. The summed E-state index contributed by atoms with van der Waals surface area (Å²) in [6, 6.07) is 8.20. The molecule has 0 unspecified atom stereocenters. The summed E-state index contributed by atoms with van der Waals surface area (Å²) in [7, 11) is 0. The second-order valence-electron chi connectivity index (χ2n) is 3.73. The molecule has 16 heavy (non-hydrogen) atoms. The smallest absolute Gasteiger partial charge is 0.269 e. The predicted octanol–water partition coefficient (Wildman–Crippen LogP) is 2.70. The zero-order valence-electron chi connectivity index (χ0n) is 9.23. The maximum absolute atomic E-state index is 10.4. The number of anilines is 1. The van der Waals surface area contributed by atoms with E-state index >= 15 is 0 Å². The molecular weight excluding hydrogens is 206 g/mol. The van der Waals surface area contributed by atoms with Gasteiger partial charge in [-0.2, -0.15) is 5.26 Å². The van der Waals surface area contributed by atoms with Gasteiger partial charge in [-0.1, -0.05) is 6.92 Å². The van der Waals surface area contributed by atoms with E-state index in [1.165, 1.54) is 12.1 Å². The molecule has 0 aliphatic carbocycles. The molecule has 1 N–H and O–H groups in total. The van der Waals surface area contributed by atoms with Gasteiger partial charge < -0.3 is 5.32 Å². The quantitative estimate of drug-likeness (QED) is 0.623. The number of nitrogens with one attached hydrogen (secondary N) is 1. The Morgan fingerprint density at radius 2 is 2.06 bits per heavy atom. The first-order valence-electron chi connectivity index (χ1n) is 4.94. The minimum atomic E-state index is -0.643. The molecule has 0 fully saturated rings. The van der Waals surface area contributed by atoms with Crippen molar-refractivity contribution in [3.63, 3.8) is 0 Å². The standard InChI is InChI=1S/C11H13N3O2/c1-3-11(2,8-12)13-9-4-6-10(7-5-9)14(15)16/h4-7,13H,3H2,1-2H3/t11-/m1/s1. The summed E-state index contributed by atoms with van der Waals surface area (Å²) in [5.41, 5.74) is 0.105. The van der Waals surface area contributed by atoms with Crippen molar-refractivity contribution in [1.82, 2.24) is 0 Å². The summed E-state index contributed by atoms with van der Waals surface area (Å²) < 4.78 is 0. The van der Waals surface area contributed by atoms with E-state index in [0.717, 1.165) is 0 Å². The van der Waals surface area contributed by atoms with Gasteiger partial charge in [0.1, 0.15) is 5.54 Å². The average molecular weight is 219 g/mol. The van der Waals surface area contributed by atoms with Gasteiger partial charge in [-0.05, 0) is 25.5 Å².